The van der Waals surface area contributed by atoms with Gasteiger partial charge in [-0.2, -0.15) is 5.10 Å². The molecule has 0 saturated carbocycles. The van der Waals surface area contributed by atoms with Gasteiger partial charge >= 0.3 is 0 Å². The summed E-state index contributed by atoms with van der Waals surface area (Å²) < 4.78 is 29.5. The van der Waals surface area contributed by atoms with Gasteiger partial charge in [0.25, 0.3) is 5.56 Å². The van der Waals surface area contributed by atoms with E-state index in [0.717, 1.165) is 43.6 Å². The van der Waals surface area contributed by atoms with Crippen LogP contribution in [0.4, 0.5) is 0 Å². The Morgan fingerprint density at radius 1 is 1.30 bits per heavy atom. The number of piperidine rings is 1. The molecule has 9 heteroatoms. The minimum atomic E-state index is -3.32. The molecule has 0 spiro atoms. The number of aromatic nitrogens is 3. The number of rotatable bonds is 5. The van der Waals surface area contributed by atoms with E-state index in [2.05, 4.69) is 14.7 Å². The maximum atomic E-state index is 12.6. The fourth-order valence-electron chi connectivity index (χ4n) is 4.58. The Bertz CT molecular complexity index is 996. The van der Waals surface area contributed by atoms with Crippen LogP contribution in [0.2, 0.25) is 0 Å². The first-order chi connectivity index (χ1) is 12.8. The molecule has 2 aromatic heterocycles. The van der Waals surface area contributed by atoms with Crippen molar-refractivity contribution >= 4 is 10.0 Å². The third kappa shape index (κ3) is 3.85. The van der Waals surface area contributed by atoms with Crippen molar-refractivity contribution in [2.75, 3.05) is 25.9 Å². The van der Waals surface area contributed by atoms with Crippen LogP contribution in [0, 0.1) is 5.92 Å². The molecule has 3 atom stereocenters. The number of fused-ring (bicyclic) bond motifs is 4. The van der Waals surface area contributed by atoms with Crippen molar-refractivity contribution in [1.29, 1.82) is 0 Å². The first kappa shape index (κ1) is 18.4. The molecule has 8 nitrogen and oxygen atoms in total. The Morgan fingerprint density at radius 2 is 2.11 bits per heavy atom. The molecule has 2 aliphatic rings. The topological polar surface area (TPSA) is 89.2 Å². The highest BCUT2D eigenvalue weighted by Crippen LogP contribution is 2.41. The van der Waals surface area contributed by atoms with Crippen molar-refractivity contribution in [1.82, 2.24) is 24.0 Å². The van der Waals surface area contributed by atoms with Crippen LogP contribution in [0.25, 0.3) is 0 Å². The second-order valence-electron chi connectivity index (χ2n) is 7.76. The van der Waals surface area contributed by atoms with Crippen molar-refractivity contribution in [3.63, 3.8) is 0 Å². The first-order valence-electron chi connectivity index (χ1n) is 9.16. The fraction of sp³-hybridized carbons (Fsp3) is 0.556. The standard InChI is InChI=1S/C18H25N5O3S/c1-21-9-13(7-19-21)10-22-11-14-6-15(12-22)17(8-20-27(2,25)26)23-16(14)4-3-5-18(23)24/h3-5,7,9,14-15,17,20H,6,8,10-12H2,1-2H3/t14-,15+,17+/m1/s1. The maximum absolute atomic E-state index is 12.6. The van der Waals surface area contributed by atoms with Crippen LogP contribution in [-0.2, 0) is 23.6 Å². The van der Waals surface area contributed by atoms with E-state index in [4.69, 9.17) is 0 Å². The highest BCUT2D eigenvalue weighted by Gasteiger charge is 2.40. The molecule has 0 unspecified atom stereocenters. The van der Waals surface area contributed by atoms with E-state index >= 15 is 0 Å². The van der Waals surface area contributed by atoms with E-state index in [1.54, 1.807) is 16.8 Å². The van der Waals surface area contributed by atoms with Crippen LogP contribution < -0.4 is 10.3 Å². The van der Waals surface area contributed by atoms with Gasteiger partial charge in [-0.1, -0.05) is 6.07 Å². The van der Waals surface area contributed by atoms with Gasteiger partial charge in [0.1, 0.15) is 0 Å². The van der Waals surface area contributed by atoms with E-state index in [1.165, 1.54) is 0 Å². The second kappa shape index (κ2) is 6.88. The molecule has 1 saturated heterocycles. The molecule has 2 aromatic rings. The van der Waals surface area contributed by atoms with E-state index in [0.29, 0.717) is 0 Å². The van der Waals surface area contributed by atoms with E-state index < -0.39 is 10.0 Å². The molecule has 1 fully saturated rings. The largest absolute Gasteiger partial charge is 0.308 e. The summed E-state index contributed by atoms with van der Waals surface area (Å²) in [6, 6.07) is 5.20. The lowest BCUT2D eigenvalue weighted by atomic mass is 9.78. The Morgan fingerprint density at radius 3 is 2.81 bits per heavy atom. The quantitative estimate of drug-likeness (QED) is 0.791. The number of sulfonamides is 1. The summed E-state index contributed by atoms with van der Waals surface area (Å²) in [7, 11) is -1.41. The molecule has 27 heavy (non-hydrogen) atoms. The Balaban J connectivity index is 1.64. The van der Waals surface area contributed by atoms with Gasteiger partial charge in [-0.25, -0.2) is 13.1 Å². The van der Waals surface area contributed by atoms with Gasteiger partial charge in [0.05, 0.1) is 18.5 Å². The molecule has 2 bridgehead atoms. The minimum Gasteiger partial charge on any atom is -0.308 e. The molecule has 0 radical (unpaired) electrons. The number of nitrogens with zero attached hydrogens (tertiary/aromatic N) is 4. The third-order valence-electron chi connectivity index (χ3n) is 5.59. The molecular weight excluding hydrogens is 366 g/mol. The second-order valence-corrected chi connectivity index (χ2v) is 9.59. The summed E-state index contributed by atoms with van der Waals surface area (Å²) in [5.41, 5.74) is 2.12. The predicted octanol–water partition coefficient (Wildman–Crippen LogP) is 0.291. The van der Waals surface area contributed by atoms with Crippen LogP contribution in [0.15, 0.2) is 35.4 Å². The van der Waals surface area contributed by atoms with Crippen LogP contribution in [0.5, 0.6) is 0 Å². The molecule has 1 N–H and O–H groups in total. The van der Waals surface area contributed by atoms with Gasteiger partial charge in [-0.3, -0.25) is 14.4 Å². The number of likely N-dealkylation sites (tertiary alicyclic amines) is 1. The average molecular weight is 391 g/mol. The lowest BCUT2D eigenvalue weighted by Crippen LogP contribution is -2.51. The molecular formula is C18H25N5O3S. The minimum absolute atomic E-state index is 0.0526. The summed E-state index contributed by atoms with van der Waals surface area (Å²) in [5.74, 6) is 0.506. The predicted molar refractivity (Wildman–Crippen MR) is 102 cm³/mol. The summed E-state index contributed by atoms with van der Waals surface area (Å²) in [6.07, 6.45) is 6.03. The molecule has 4 rings (SSSR count). The van der Waals surface area contributed by atoms with Crippen molar-refractivity contribution in [2.24, 2.45) is 13.0 Å². The molecule has 0 aliphatic carbocycles. The highest BCUT2D eigenvalue weighted by atomic mass is 32.2. The summed E-state index contributed by atoms with van der Waals surface area (Å²) in [4.78, 5) is 15.0. The lowest BCUT2D eigenvalue weighted by Gasteiger charge is -2.47. The number of pyridine rings is 1. The highest BCUT2D eigenvalue weighted by molar-refractivity contribution is 7.88. The zero-order valence-electron chi connectivity index (χ0n) is 15.6. The van der Waals surface area contributed by atoms with Crippen LogP contribution in [0.1, 0.15) is 29.6 Å². The number of aryl methyl sites for hydroxylation is 1. The summed E-state index contributed by atoms with van der Waals surface area (Å²) in [6.45, 7) is 2.78. The number of nitrogens with one attached hydrogen (secondary N) is 1. The molecule has 0 amide bonds. The molecule has 2 aliphatic heterocycles. The molecule has 146 valence electrons. The normalized spacial score (nSPS) is 25.3. The number of hydrogen-bond donors (Lipinski definition) is 1. The van der Waals surface area contributed by atoms with Crippen LogP contribution in [-0.4, -0.2) is 53.6 Å². The maximum Gasteiger partial charge on any atom is 0.251 e. The Labute approximate surface area is 158 Å². The first-order valence-corrected chi connectivity index (χ1v) is 11.1. The Kier molecular flexibility index (Phi) is 4.69. The monoisotopic (exact) mass is 391 g/mol. The van der Waals surface area contributed by atoms with E-state index in [1.807, 2.05) is 30.1 Å². The lowest BCUT2D eigenvalue weighted by molar-refractivity contribution is 0.0869. The summed E-state index contributed by atoms with van der Waals surface area (Å²) >= 11 is 0. The van der Waals surface area contributed by atoms with Gasteiger partial charge in [0.2, 0.25) is 10.0 Å². The van der Waals surface area contributed by atoms with Gasteiger partial charge in [0, 0.05) is 62.7 Å². The SMILES string of the molecule is Cn1cc(CN2C[C@H]3C[C@@H](C2)[C@H](CNS(C)(=O)=O)n2c3cccc2=O)cn1. The van der Waals surface area contributed by atoms with Crippen molar-refractivity contribution < 1.29 is 8.42 Å². The van der Waals surface area contributed by atoms with Gasteiger partial charge in [0.15, 0.2) is 0 Å². The summed E-state index contributed by atoms with van der Waals surface area (Å²) in [5, 5.41) is 4.24. The van der Waals surface area contributed by atoms with Crippen molar-refractivity contribution in [3.8, 4) is 0 Å². The fourth-order valence-corrected chi connectivity index (χ4v) is 5.05. The average Bonchev–Trinajstić information content (AvgIpc) is 2.99. The Hall–Kier alpha value is -1.97. The smallest absolute Gasteiger partial charge is 0.251 e. The zero-order chi connectivity index (χ0) is 19.2. The van der Waals surface area contributed by atoms with Crippen molar-refractivity contribution in [3.05, 3.63) is 52.2 Å². The third-order valence-corrected chi connectivity index (χ3v) is 6.28. The molecule has 4 heterocycles. The van der Waals surface area contributed by atoms with E-state index in [9.17, 15) is 13.2 Å². The van der Waals surface area contributed by atoms with Gasteiger partial charge in [-0.15, -0.1) is 0 Å². The van der Waals surface area contributed by atoms with Gasteiger partial charge in [-0.05, 0) is 18.4 Å². The zero-order valence-corrected chi connectivity index (χ0v) is 16.4. The van der Waals surface area contributed by atoms with Crippen LogP contribution in [0.3, 0.4) is 0 Å². The van der Waals surface area contributed by atoms with Crippen LogP contribution >= 0.6 is 0 Å². The number of hydrogen-bond acceptors (Lipinski definition) is 5. The van der Waals surface area contributed by atoms with Gasteiger partial charge < -0.3 is 4.57 Å². The molecule has 0 aromatic carbocycles. The van der Waals surface area contributed by atoms with Crippen molar-refractivity contribution in [2.45, 2.75) is 24.9 Å². The van der Waals surface area contributed by atoms with E-state index in [-0.39, 0.29) is 30.0 Å².